The van der Waals surface area contributed by atoms with E-state index in [2.05, 4.69) is 10.3 Å². The molecule has 0 radical (unpaired) electrons. The molecular weight excluding hydrogens is 278 g/mol. The number of carbonyl (C=O) groups is 1. The minimum absolute atomic E-state index is 0.129. The Hall–Kier alpha value is -2.56. The Balaban J connectivity index is 1.91. The molecule has 0 aliphatic carbocycles. The van der Waals surface area contributed by atoms with E-state index in [4.69, 9.17) is 4.74 Å². The lowest BCUT2D eigenvalue weighted by Crippen LogP contribution is -2.36. The van der Waals surface area contributed by atoms with Crippen LogP contribution in [0.25, 0.3) is 0 Å². The zero-order valence-electron chi connectivity index (χ0n) is 13.0. The first kappa shape index (κ1) is 15.8. The van der Waals surface area contributed by atoms with Crippen molar-refractivity contribution in [2.75, 3.05) is 13.7 Å². The number of amides is 2. The monoisotopic (exact) mass is 299 g/mol. The number of nitrogens with zero attached hydrogens (tertiary/aromatic N) is 2. The second kappa shape index (κ2) is 8.02. The number of benzene rings is 1. The summed E-state index contributed by atoms with van der Waals surface area (Å²) in [5.41, 5.74) is 1.96. The molecule has 0 saturated heterocycles. The van der Waals surface area contributed by atoms with Crippen molar-refractivity contribution in [2.24, 2.45) is 0 Å². The van der Waals surface area contributed by atoms with Gasteiger partial charge in [-0.25, -0.2) is 9.78 Å². The van der Waals surface area contributed by atoms with Crippen LogP contribution in [0.5, 0.6) is 5.88 Å². The molecule has 0 unspecified atom stereocenters. The lowest BCUT2D eigenvalue weighted by molar-refractivity contribution is 0.205. The Morgan fingerprint density at radius 3 is 2.73 bits per heavy atom. The summed E-state index contributed by atoms with van der Waals surface area (Å²) in [5, 5.41) is 2.90. The van der Waals surface area contributed by atoms with Crippen LogP contribution >= 0.6 is 0 Å². The summed E-state index contributed by atoms with van der Waals surface area (Å²) in [6, 6.07) is 13.4. The van der Waals surface area contributed by atoms with Gasteiger partial charge in [-0.3, -0.25) is 0 Å². The highest BCUT2D eigenvalue weighted by Crippen LogP contribution is 2.16. The van der Waals surface area contributed by atoms with Gasteiger partial charge in [0, 0.05) is 25.4 Å². The molecule has 2 aromatic rings. The molecule has 116 valence electrons. The largest absolute Gasteiger partial charge is 0.478 e. The first-order valence-electron chi connectivity index (χ1n) is 7.30. The molecule has 5 heteroatoms. The van der Waals surface area contributed by atoms with Crippen molar-refractivity contribution in [1.82, 2.24) is 15.2 Å². The molecule has 0 aliphatic rings. The van der Waals surface area contributed by atoms with Crippen LogP contribution in [0.2, 0.25) is 0 Å². The van der Waals surface area contributed by atoms with Crippen LogP contribution in [0, 0.1) is 0 Å². The summed E-state index contributed by atoms with van der Waals surface area (Å²) in [5.74, 6) is 0.577. The summed E-state index contributed by atoms with van der Waals surface area (Å²) in [6.07, 6.45) is 1.68. The Bertz CT molecular complexity index is 602. The third-order valence-corrected chi connectivity index (χ3v) is 3.17. The minimum atomic E-state index is -0.129. The Morgan fingerprint density at radius 2 is 2.00 bits per heavy atom. The van der Waals surface area contributed by atoms with Crippen LogP contribution in [0.4, 0.5) is 4.79 Å². The molecule has 0 bridgehead atoms. The van der Waals surface area contributed by atoms with Gasteiger partial charge >= 0.3 is 6.03 Å². The third-order valence-electron chi connectivity index (χ3n) is 3.17. The van der Waals surface area contributed by atoms with E-state index < -0.39 is 0 Å². The highest BCUT2D eigenvalue weighted by atomic mass is 16.5. The van der Waals surface area contributed by atoms with E-state index in [1.807, 2.05) is 49.4 Å². The summed E-state index contributed by atoms with van der Waals surface area (Å²) in [6.45, 7) is 3.42. The molecule has 1 aromatic heterocycles. The zero-order chi connectivity index (χ0) is 15.8. The van der Waals surface area contributed by atoms with Crippen molar-refractivity contribution in [1.29, 1.82) is 0 Å². The van der Waals surface area contributed by atoms with Crippen molar-refractivity contribution < 1.29 is 9.53 Å². The number of pyridine rings is 1. The van der Waals surface area contributed by atoms with Crippen molar-refractivity contribution in [2.45, 2.75) is 20.0 Å². The van der Waals surface area contributed by atoms with Gasteiger partial charge in [-0.05, 0) is 18.6 Å². The molecule has 1 aromatic carbocycles. The average molecular weight is 299 g/mol. The first-order chi connectivity index (χ1) is 10.7. The van der Waals surface area contributed by atoms with E-state index >= 15 is 0 Å². The van der Waals surface area contributed by atoms with E-state index in [1.54, 1.807) is 18.1 Å². The predicted octanol–water partition coefficient (Wildman–Crippen LogP) is 2.82. The maximum absolute atomic E-state index is 12.1. The van der Waals surface area contributed by atoms with Crippen molar-refractivity contribution in [3.8, 4) is 5.88 Å². The van der Waals surface area contributed by atoms with Gasteiger partial charge in [0.1, 0.15) is 0 Å². The lowest BCUT2D eigenvalue weighted by atomic mass is 10.2. The molecular formula is C17H21N3O2. The Morgan fingerprint density at radius 1 is 1.23 bits per heavy atom. The fraction of sp³-hybridized carbons (Fsp3) is 0.294. The van der Waals surface area contributed by atoms with Crippen LogP contribution in [0.1, 0.15) is 18.1 Å². The molecule has 1 N–H and O–H groups in total. The molecule has 0 saturated carbocycles. The Labute approximate surface area is 130 Å². The SMILES string of the molecule is CCOc1ncccc1CN(C)C(=O)NCc1ccccc1. The highest BCUT2D eigenvalue weighted by Gasteiger charge is 2.12. The van der Waals surface area contributed by atoms with Gasteiger partial charge in [0.15, 0.2) is 0 Å². The summed E-state index contributed by atoms with van der Waals surface area (Å²) in [7, 11) is 1.75. The van der Waals surface area contributed by atoms with Gasteiger partial charge in [-0.2, -0.15) is 0 Å². The normalized spacial score (nSPS) is 10.1. The van der Waals surface area contributed by atoms with E-state index in [1.165, 1.54) is 0 Å². The number of hydrogen-bond acceptors (Lipinski definition) is 3. The second-order valence-corrected chi connectivity index (χ2v) is 4.90. The van der Waals surface area contributed by atoms with Gasteiger partial charge in [0.05, 0.1) is 13.2 Å². The van der Waals surface area contributed by atoms with Crippen molar-refractivity contribution in [3.63, 3.8) is 0 Å². The number of nitrogens with one attached hydrogen (secondary N) is 1. The van der Waals surface area contributed by atoms with E-state index in [-0.39, 0.29) is 6.03 Å². The average Bonchev–Trinajstić information content (AvgIpc) is 2.55. The second-order valence-electron chi connectivity index (χ2n) is 4.90. The fourth-order valence-corrected chi connectivity index (χ4v) is 2.05. The topological polar surface area (TPSA) is 54.5 Å². The van der Waals surface area contributed by atoms with Crippen LogP contribution in [-0.2, 0) is 13.1 Å². The maximum atomic E-state index is 12.1. The van der Waals surface area contributed by atoms with Gasteiger partial charge in [-0.15, -0.1) is 0 Å². The third kappa shape index (κ3) is 4.48. The van der Waals surface area contributed by atoms with Gasteiger partial charge in [-0.1, -0.05) is 36.4 Å². The molecule has 2 rings (SSSR count). The van der Waals surface area contributed by atoms with Crippen molar-refractivity contribution in [3.05, 3.63) is 59.8 Å². The van der Waals surface area contributed by atoms with Crippen LogP contribution in [0.15, 0.2) is 48.7 Å². The smallest absolute Gasteiger partial charge is 0.317 e. The number of aromatic nitrogens is 1. The summed E-state index contributed by atoms with van der Waals surface area (Å²) >= 11 is 0. The Kier molecular flexibility index (Phi) is 5.77. The molecule has 1 heterocycles. The van der Waals surface area contributed by atoms with Crippen LogP contribution in [0.3, 0.4) is 0 Å². The van der Waals surface area contributed by atoms with Crippen LogP contribution < -0.4 is 10.1 Å². The van der Waals surface area contributed by atoms with Gasteiger partial charge in [0.2, 0.25) is 5.88 Å². The summed E-state index contributed by atoms with van der Waals surface area (Å²) in [4.78, 5) is 18.0. The van der Waals surface area contributed by atoms with Gasteiger partial charge in [0.25, 0.3) is 0 Å². The standard InChI is InChI=1S/C17H21N3O2/c1-3-22-16-15(10-7-11-18-16)13-20(2)17(21)19-12-14-8-5-4-6-9-14/h4-11H,3,12-13H2,1-2H3,(H,19,21). The fourth-order valence-electron chi connectivity index (χ4n) is 2.05. The quantitative estimate of drug-likeness (QED) is 0.892. The molecule has 5 nitrogen and oxygen atoms in total. The lowest BCUT2D eigenvalue weighted by Gasteiger charge is -2.19. The van der Waals surface area contributed by atoms with E-state index in [9.17, 15) is 4.79 Å². The molecule has 0 fully saturated rings. The number of hydrogen-bond donors (Lipinski definition) is 1. The molecule has 22 heavy (non-hydrogen) atoms. The highest BCUT2D eigenvalue weighted by molar-refractivity contribution is 5.73. The van der Waals surface area contributed by atoms with E-state index in [0.717, 1.165) is 11.1 Å². The van der Waals surface area contributed by atoms with Crippen molar-refractivity contribution >= 4 is 6.03 Å². The van der Waals surface area contributed by atoms with Crippen LogP contribution in [-0.4, -0.2) is 29.6 Å². The zero-order valence-corrected chi connectivity index (χ0v) is 13.0. The molecule has 0 spiro atoms. The first-order valence-corrected chi connectivity index (χ1v) is 7.30. The maximum Gasteiger partial charge on any atom is 0.317 e. The molecule has 2 amide bonds. The number of rotatable bonds is 6. The number of carbonyl (C=O) groups excluding carboxylic acids is 1. The van der Waals surface area contributed by atoms with Gasteiger partial charge < -0.3 is 15.0 Å². The minimum Gasteiger partial charge on any atom is -0.478 e. The number of urea groups is 1. The van der Waals surface area contributed by atoms with E-state index in [0.29, 0.717) is 25.6 Å². The number of ether oxygens (including phenoxy) is 1. The predicted molar refractivity (Wildman–Crippen MR) is 85.6 cm³/mol. The molecule has 0 atom stereocenters. The molecule has 0 aliphatic heterocycles. The summed E-state index contributed by atoms with van der Waals surface area (Å²) < 4.78 is 5.48.